The minimum Gasteiger partial charge on any atom is -0.393 e. The molecule has 0 spiro atoms. The van der Waals surface area contributed by atoms with Gasteiger partial charge in [-0.2, -0.15) is 0 Å². The Kier molecular flexibility index (Phi) is 3.20. The first kappa shape index (κ1) is 9.72. The molecule has 1 saturated carbocycles. The molecule has 0 aliphatic heterocycles. The molecule has 2 rings (SSSR count). The fraction of sp³-hybridized carbons (Fsp3) is 0.538. The van der Waals surface area contributed by atoms with Gasteiger partial charge in [0, 0.05) is 0 Å². The first-order valence-electron chi connectivity index (χ1n) is 5.58. The van der Waals surface area contributed by atoms with E-state index >= 15 is 0 Å². The quantitative estimate of drug-likeness (QED) is 0.757. The second-order valence-electron chi connectivity index (χ2n) is 4.28. The highest BCUT2D eigenvalue weighted by atomic mass is 16.3. The van der Waals surface area contributed by atoms with Crippen LogP contribution in [0, 0.1) is 5.92 Å². The molecule has 0 saturated heterocycles. The van der Waals surface area contributed by atoms with E-state index in [2.05, 4.69) is 24.3 Å². The molecule has 1 aromatic rings. The third-order valence-corrected chi connectivity index (χ3v) is 2.97. The average Bonchev–Trinajstić information content (AvgIpc) is 3.02. The summed E-state index contributed by atoms with van der Waals surface area (Å²) >= 11 is 0. The summed E-state index contributed by atoms with van der Waals surface area (Å²) in [6, 6.07) is 10.5. The number of hydrogen-bond acceptors (Lipinski definition) is 1. The summed E-state index contributed by atoms with van der Waals surface area (Å²) < 4.78 is 0. The first-order chi connectivity index (χ1) is 6.86. The number of aryl methyl sites for hydroxylation is 1. The van der Waals surface area contributed by atoms with Gasteiger partial charge in [0.2, 0.25) is 0 Å². The molecule has 1 aliphatic carbocycles. The smallest absolute Gasteiger partial charge is 0.0568 e. The molecule has 0 unspecified atom stereocenters. The maximum atomic E-state index is 9.67. The lowest BCUT2D eigenvalue weighted by Gasteiger charge is -2.08. The first-order valence-corrected chi connectivity index (χ1v) is 5.58. The Labute approximate surface area is 85.8 Å². The number of rotatable bonds is 5. The molecule has 1 fully saturated rings. The van der Waals surface area contributed by atoms with Crippen LogP contribution in [0.15, 0.2) is 30.3 Å². The number of aliphatic hydroxyl groups excluding tert-OH is 1. The third-order valence-electron chi connectivity index (χ3n) is 2.97. The van der Waals surface area contributed by atoms with E-state index in [-0.39, 0.29) is 6.10 Å². The normalized spacial score (nSPS) is 18.1. The summed E-state index contributed by atoms with van der Waals surface area (Å²) in [4.78, 5) is 0. The van der Waals surface area contributed by atoms with E-state index in [0.717, 1.165) is 19.3 Å². The predicted molar refractivity (Wildman–Crippen MR) is 58.1 cm³/mol. The Morgan fingerprint density at radius 2 is 1.93 bits per heavy atom. The maximum Gasteiger partial charge on any atom is 0.0568 e. The van der Waals surface area contributed by atoms with Crippen molar-refractivity contribution in [1.82, 2.24) is 0 Å². The van der Waals surface area contributed by atoms with Crippen molar-refractivity contribution in [2.75, 3.05) is 0 Å². The molecule has 0 aromatic heterocycles. The van der Waals surface area contributed by atoms with Crippen molar-refractivity contribution in [3.8, 4) is 0 Å². The fourth-order valence-electron chi connectivity index (χ4n) is 1.88. The molecule has 76 valence electrons. The van der Waals surface area contributed by atoms with Gasteiger partial charge in [0.15, 0.2) is 0 Å². The molecule has 0 amide bonds. The van der Waals surface area contributed by atoms with Crippen LogP contribution in [0.1, 0.15) is 31.2 Å². The zero-order valence-electron chi connectivity index (χ0n) is 8.52. The van der Waals surface area contributed by atoms with Crippen LogP contribution >= 0.6 is 0 Å². The van der Waals surface area contributed by atoms with Crippen molar-refractivity contribution in [3.63, 3.8) is 0 Å². The summed E-state index contributed by atoms with van der Waals surface area (Å²) in [7, 11) is 0. The largest absolute Gasteiger partial charge is 0.393 e. The van der Waals surface area contributed by atoms with E-state index < -0.39 is 0 Å². The van der Waals surface area contributed by atoms with E-state index in [0.29, 0.717) is 5.92 Å². The van der Waals surface area contributed by atoms with Gasteiger partial charge in [0.25, 0.3) is 0 Å². The molecule has 1 aromatic carbocycles. The SMILES string of the molecule is O[C@H](CCCc1ccccc1)C1CC1. The molecular weight excluding hydrogens is 172 g/mol. The molecule has 0 radical (unpaired) electrons. The van der Waals surface area contributed by atoms with Gasteiger partial charge < -0.3 is 5.11 Å². The van der Waals surface area contributed by atoms with Gasteiger partial charge in [-0.3, -0.25) is 0 Å². The highest BCUT2D eigenvalue weighted by Gasteiger charge is 2.28. The number of hydrogen-bond donors (Lipinski definition) is 1. The van der Waals surface area contributed by atoms with Crippen LogP contribution in [0.5, 0.6) is 0 Å². The Bertz CT molecular complexity index is 264. The van der Waals surface area contributed by atoms with E-state index in [1.54, 1.807) is 0 Å². The monoisotopic (exact) mass is 190 g/mol. The lowest BCUT2D eigenvalue weighted by Crippen LogP contribution is -2.08. The summed E-state index contributed by atoms with van der Waals surface area (Å²) in [6.45, 7) is 0. The van der Waals surface area contributed by atoms with E-state index in [1.165, 1.54) is 18.4 Å². The zero-order valence-corrected chi connectivity index (χ0v) is 8.52. The molecule has 1 heteroatoms. The van der Waals surface area contributed by atoms with E-state index in [4.69, 9.17) is 0 Å². The molecule has 0 bridgehead atoms. The highest BCUT2D eigenvalue weighted by Crippen LogP contribution is 2.34. The van der Waals surface area contributed by atoms with Crippen molar-refractivity contribution in [2.24, 2.45) is 5.92 Å². The van der Waals surface area contributed by atoms with Crippen molar-refractivity contribution in [1.29, 1.82) is 0 Å². The van der Waals surface area contributed by atoms with Crippen LogP contribution in [-0.2, 0) is 6.42 Å². The van der Waals surface area contributed by atoms with Crippen molar-refractivity contribution in [2.45, 2.75) is 38.2 Å². The topological polar surface area (TPSA) is 20.2 Å². The standard InChI is InChI=1S/C13H18O/c14-13(12-9-10-12)8-4-7-11-5-2-1-3-6-11/h1-3,5-6,12-14H,4,7-10H2/t13-/m1/s1. The van der Waals surface area contributed by atoms with Crippen LogP contribution < -0.4 is 0 Å². The summed E-state index contributed by atoms with van der Waals surface area (Å²) in [5.74, 6) is 0.630. The molecule has 1 N–H and O–H groups in total. The van der Waals surface area contributed by atoms with Crippen molar-refractivity contribution < 1.29 is 5.11 Å². The molecule has 0 heterocycles. The van der Waals surface area contributed by atoms with Gasteiger partial charge in [-0.25, -0.2) is 0 Å². The van der Waals surface area contributed by atoms with Gasteiger partial charge in [0.05, 0.1) is 6.10 Å². The predicted octanol–water partition coefficient (Wildman–Crippen LogP) is 2.78. The van der Waals surface area contributed by atoms with Gasteiger partial charge in [-0.1, -0.05) is 30.3 Å². The Morgan fingerprint density at radius 1 is 1.21 bits per heavy atom. The lowest BCUT2D eigenvalue weighted by atomic mass is 10.0. The van der Waals surface area contributed by atoms with Gasteiger partial charge in [-0.15, -0.1) is 0 Å². The van der Waals surface area contributed by atoms with Gasteiger partial charge in [0.1, 0.15) is 0 Å². The minimum absolute atomic E-state index is 0.0290. The van der Waals surface area contributed by atoms with Crippen LogP contribution in [0.3, 0.4) is 0 Å². The number of benzene rings is 1. The van der Waals surface area contributed by atoms with Crippen LogP contribution in [0.2, 0.25) is 0 Å². The minimum atomic E-state index is -0.0290. The summed E-state index contributed by atoms with van der Waals surface area (Å²) in [5, 5.41) is 9.67. The molecule has 1 nitrogen and oxygen atoms in total. The Morgan fingerprint density at radius 3 is 2.57 bits per heavy atom. The average molecular weight is 190 g/mol. The molecule has 1 aliphatic rings. The number of aliphatic hydroxyl groups is 1. The van der Waals surface area contributed by atoms with E-state index in [9.17, 15) is 5.11 Å². The molecule has 1 atom stereocenters. The van der Waals surface area contributed by atoms with Crippen LogP contribution in [0.4, 0.5) is 0 Å². The third kappa shape index (κ3) is 2.85. The lowest BCUT2D eigenvalue weighted by molar-refractivity contribution is 0.139. The summed E-state index contributed by atoms with van der Waals surface area (Å²) in [5.41, 5.74) is 1.38. The van der Waals surface area contributed by atoms with Crippen LogP contribution in [-0.4, -0.2) is 11.2 Å². The van der Waals surface area contributed by atoms with E-state index in [1.807, 2.05) is 6.07 Å². The van der Waals surface area contributed by atoms with Crippen molar-refractivity contribution in [3.05, 3.63) is 35.9 Å². The fourth-order valence-corrected chi connectivity index (χ4v) is 1.88. The molecular formula is C13H18O. The van der Waals surface area contributed by atoms with Crippen LogP contribution in [0.25, 0.3) is 0 Å². The summed E-state index contributed by atoms with van der Waals surface area (Å²) in [6.07, 6.45) is 5.64. The second-order valence-corrected chi connectivity index (χ2v) is 4.28. The Hall–Kier alpha value is -0.820. The molecule has 14 heavy (non-hydrogen) atoms. The van der Waals surface area contributed by atoms with Gasteiger partial charge in [-0.05, 0) is 43.6 Å². The van der Waals surface area contributed by atoms with Gasteiger partial charge >= 0.3 is 0 Å². The maximum absolute atomic E-state index is 9.67. The Balaban J connectivity index is 1.67. The second kappa shape index (κ2) is 4.61. The highest BCUT2D eigenvalue weighted by molar-refractivity contribution is 5.14. The van der Waals surface area contributed by atoms with Crippen molar-refractivity contribution >= 4 is 0 Å². The zero-order chi connectivity index (χ0) is 9.80.